The molecule has 0 fully saturated rings. The van der Waals surface area contributed by atoms with Gasteiger partial charge in [-0.15, -0.1) is 0 Å². The fourth-order valence-electron chi connectivity index (χ4n) is 2.75. The number of allylic oxidation sites excluding steroid dienone is 1. The quantitative estimate of drug-likeness (QED) is 0.688. The smallest absolute Gasteiger partial charge is 0.227 e. The van der Waals surface area contributed by atoms with E-state index in [4.69, 9.17) is 0 Å². The molecule has 2 rings (SSSR count). The molecule has 0 unspecified atom stereocenters. The maximum Gasteiger partial charge on any atom is 0.227 e. The molecule has 0 heterocycles. The van der Waals surface area contributed by atoms with E-state index in [9.17, 15) is 9.18 Å². The van der Waals surface area contributed by atoms with Gasteiger partial charge in [0.25, 0.3) is 0 Å². The molecule has 0 aliphatic rings. The number of hydrogen-bond donors (Lipinski definition) is 1. The van der Waals surface area contributed by atoms with Crippen molar-refractivity contribution in [3.05, 3.63) is 81.6 Å². The van der Waals surface area contributed by atoms with Crippen molar-refractivity contribution in [2.45, 2.75) is 13.3 Å². The lowest BCUT2D eigenvalue weighted by atomic mass is 9.90. The summed E-state index contributed by atoms with van der Waals surface area (Å²) in [7, 11) is 3.32. The Bertz CT molecular complexity index is 828. The zero-order valence-electron chi connectivity index (χ0n) is 15.1. The van der Waals surface area contributed by atoms with Gasteiger partial charge in [0.15, 0.2) is 0 Å². The number of amides is 1. The van der Waals surface area contributed by atoms with E-state index in [0.29, 0.717) is 12.1 Å². The zero-order valence-corrected chi connectivity index (χ0v) is 16.7. The summed E-state index contributed by atoms with van der Waals surface area (Å²) in [6, 6.07) is 14.1. The molecule has 0 saturated heterocycles. The molecule has 0 saturated carbocycles. The Morgan fingerprint density at radius 3 is 2.54 bits per heavy atom. The summed E-state index contributed by atoms with van der Waals surface area (Å²) in [6.07, 6.45) is 2.48. The summed E-state index contributed by atoms with van der Waals surface area (Å²) in [6.45, 7) is 1.92. The molecular weight excluding hydrogens is 395 g/mol. The summed E-state index contributed by atoms with van der Waals surface area (Å²) in [5, 5.41) is 2.74. The minimum absolute atomic E-state index is 0.0479. The second kappa shape index (κ2) is 9.43. The number of benzene rings is 2. The molecule has 1 amide bonds. The maximum absolute atomic E-state index is 13.2. The molecule has 1 N–H and O–H groups in total. The first-order valence-electron chi connectivity index (χ1n) is 8.31. The van der Waals surface area contributed by atoms with Crippen LogP contribution in [0.3, 0.4) is 0 Å². The lowest BCUT2D eigenvalue weighted by Gasteiger charge is -2.17. The van der Waals surface area contributed by atoms with Gasteiger partial charge >= 0.3 is 0 Å². The van der Waals surface area contributed by atoms with Crippen LogP contribution in [0, 0.1) is 11.7 Å². The standard InChI is InChI=1S/C21H22BrFN2O/c1-14(11-20(24-2)16-7-9-18(23)10-8-16)19(21(26)25-3)13-15-5-4-6-17(22)12-15/h4-12,19H,13H2,1-3H3,(H,25,26)/b14-11+,24-20?/t19-/m1/s1. The number of aliphatic imine (C=N–C) groups is 1. The van der Waals surface area contributed by atoms with Crippen LogP contribution in [-0.2, 0) is 11.2 Å². The molecule has 26 heavy (non-hydrogen) atoms. The molecule has 2 aromatic carbocycles. The number of carbonyl (C=O) groups is 1. The topological polar surface area (TPSA) is 41.5 Å². The minimum Gasteiger partial charge on any atom is -0.359 e. The first kappa shape index (κ1) is 20.0. The molecule has 0 radical (unpaired) electrons. The number of nitrogens with zero attached hydrogens (tertiary/aromatic N) is 1. The van der Waals surface area contributed by atoms with Gasteiger partial charge in [-0.25, -0.2) is 4.39 Å². The van der Waals surface area contributed by atoms with Crippen molar-refractivity contribution in [1.29, 1.82) is 0 Å². The van der Waals surface area contributed by atoms with Gasteiger partial charge in [-0.1, -0.05) is 33.6 Å². The maximum atomic E-state index is 13.2. The fraction of sp³-hybridized carbons (Fsp3) is 0.238. The van der Waals surface area contributed by atoms with Crippen LogP contribution < -0.4 is 5.32 Å². The second-order valence-corrected chi connectivity index (χ2v) is 6.92. The van der Waals surface area contributed by atoms with Crippen LogP contribution in [0.15, 0.2) is 69.6 Å². The summed E-state index contributed by atoms with van der Waals surface area (Å²) in [4.78, 5) is 16.7. The van der Waals surface area contributed by atoms with Gasteiger partial charge in [0.2, 0.25) is 5.91 Å². The Hall–Kier alpha value is -2.27. The molecule has 1 atom stereocenters. The fourth-order valence-corrected chi connectivity index (χ4v) is 3.19. The zero-order chi connectivity index (χ0) is 19.1. The van der Waals surface area contributed by atoms with Crippen molar-refractivity contribution in [3.8, 4) is 0 Å². The van der Waals surface area contributed by atoms with Gasteiger partial charge in [0, 0.05) is 18.6 Å². The second-order valence-electron chi connectivity index (χ2n) is 6.00. The number of hydrogen-bond acceptors (Lipinski definition) is 2. The SMILES string of the molecule is CN=C(/C=C(\C)[C@@H](Cc1cccc(Br)c1)C(=O)NC)c1ccc(F)cc1. The highest BCUT2D eigenvalue weighted by Crippen LogP contribution is 2.21. The van der Waals surface area contributed by atoms with E-state index >= 15 is 0 Å². The van der Waals surface area contributed by atoms with Crippen molar-refractivity contribution in [1.82, 2.24) is 5.32 Å². The van der Waals surface area contributed by atoms with Crippen molar-refractivity contribution >= 4 is 27.5 Å². The third-order valence-electron chi connectivity index (χ3n) is 4.19. The predicted octanol–water partition coefficient (Wildman–Crippen LogP) is 4.56. The highest BCUT2D eigenvalue weighted by Gasteiger charge is 2.20. The van der Waals surface area contributed by atoms with Crippen LogP contribution in [0.4, 0.5) is 4.39 Å². The first-order valence-corrected chi connectivity index (χ1v) is 9.11. The van der Waals surface area contributed by atoms with E-state index in [1.807, 2.05) is 37.3 Å². The third kappa shape index (κ3) is 5.36. The van der Waals surface area contributed by atoms with E-state index in [0.717, 1.165) is 21.2 Å². The van der Waals surface area contributed by atoms with Crippen LogP contribution in [-0.4, -0.2) is 25.7 Å². The monoisotopic (exact) mass is 416 g/mol. The first-order chi connectivity index (χ1) is 12.4. The molecule has 0 aliphatic carbocycles. The van der Waals surface area contributed by atoms with E-state index < -0.39 is 0 Å². The number of nitrogens with one attached hydrogen (secondary N) is 1. The van der Waals surface area contributed by atoms with Crippen molar-refractivity contribution in [2.75, 3.05) is 14.1 Å². The summed E-state index contributed by atoms with van der Waals surface area (Å²) in [5.74, 6) is -0.650. The average molecular weight is 417 g/mol. The lowest BCUT2D eigenvalue weighted by Crippen LogP contribution is -2.30. The van der Waals surface area contributed by atoms with Crippen LogP contribution in [0.2, 0.25) is 0 Å². The summed E-state index contributed by atoms with van der Waals surface area (Å²) in [5.41, 5.74) is 3.49. The number of halogens is 2. The van der Waals surface area contributed by atoms with Crippen molar-refractivity contribution in [3.63, 3.8) is 0 Å². The van der Waals surface area contributed by atoms with Crippen LogP contribution >= 0.6 is 15.9 Å². The average Bonchev–Trinajstić information content (AvgIpc) is 2.64. The van der Waals surface area contributed by atoms with Gasteiger partial charge in [-0.05, 0) is 66.9 Å². The largest absolute Gasteiger partial charge is 0.359 e. The molecule has 0 aromatic heterocycles. The molecule has 136 valence electrons. The van der Waals surface area contributed by atoms with E-state index in [1.165, 1.54) is 12.1 Å². The molecule has 3 nitrogen and oxygen atoms in total. The van der Waals surface area contributed by atoms with Crippen molar-refractivity contribution in [2.24, 2.45) is 10.9 Å². The summed E-state index contributed by atoms with van der Waals surface area (Å²) < 4.78 is 14.1. The number of rotatable bonds is 6. The Morgan fingerprint density at radius 1 is 1.27 bits per heavy atom. The van der Waals surface area contributed by atoms with Gasteiger partial charge in [0.1, 0.15) is 5.82 Å². The van der Waals surface area contributed by atoms with E-state index in [2.05, 4.69) is 26.2 Å². The normalized spacial score (nSPS) is 13.4. The lowest BCUT2D eigenvalue weighted by molar-refractivity contribution is -0.123. The molecule has 2 aromatic rings. The minimum atomic E-state index is -0.313. The highest BCUT2D eigenvalue weighted by molar-refractivity contribution is 9.10. The Labute approximate surface area is 162 Å². The Balaban J connectivity index is 2.32. The predicted molar refractivity (Wildman–Crippen MR) is 108 cm³/mol. The summed E-state index contributed by atoms with van der Waals surface area (Å²) >= 11 is 3.47. The molecule has 0 bridgehead atoms. The van der Waals surface area contributed by atoms with E-state index in [1.54, 1.807) is 26.2 Å². The Morgan fingerprint density at radius 2 is 1.96 bits per heavy atom. The van der Waals surface area contributed by atoms with Gasteiger partial charge < -0.3 is 5.32 Å². The highest BCUT2D eigenvalue weighted by atomic mass is 79.9. The van der Waals surface area contributed by atoms with Gasteiger partial charge in [0.05, 0.1) is 11.6 Å². The van der Waals surface area contributed by atoms with E-state index in [-0.39, 0.29) is 17.6 Å². The molecule has 0 spiro atoms. The third-order valence-corrected chi connectivity index (χ3v) is 4.68. The molecule has 5 heteroatoms. The molecule has 0 aliphatic heterocycles. The van der Waals surface area contributed by atoms with Gasteiger partial charge in [-0.2, -0.15) is 0 Å². The molecular formula is C21H22BrFN2O. The van der Waals surface area contributed by atoms with Crippen LogP contribution in [0.5, 0.6) is 0 Å². The number of carbonyl (C=O) groups excluding carboxylic acids is 1. The van der Waals surface area contributed by atoms with Crippen LogP contribution in [0.25, 0.3) is 0 Å². The van der Waals surface area contributed by atoms with Crippen molar-refractivity contribution < 1.29 is 9.18 Å². The van der Waals surface area contributed by atoms with Gasteiger partial charge in [-0.3, -0.25) is 9.79 Å². The Kier molecular flexibility index (Phi) is 7.27. The van der Waals surface area contributed by atoms with Crippen LogP contribution in [0.1, 0.15) is 18.1 Å².